The summed E-state index contributed by atoms with van der Waals surface area (Å²) >= 11 is 0. The molecule has 1 heterocycles. The van der Waals surface area contributed by atoms with Gasteiger partial charge in [-0.05, 0) is 47.1 Å². The third-order valence-electron chi connectivity index (χ3n) is 8.94. The van der Waals surface area contributed by atoms with Gasteiger partial charge in [0.2, 0.25) is 5.91 Å². The summed E-state index contributed by atoms with van der Waals surface area (Å²) in [6.45, 7) is 1.50. The molecule has 2 aliphatic carbocycles. The molecule has 1 atom stereocenters. The molecule has 8 heteroatoms. The Labute approximate surface area is 239 Å². The van der Waals surface area contributed by atoms with Crippen LogP contribution in [-0.4, -0.2) is 58.8 Å². The molecule has 212 valence electrons. The van der Waals surface area contributed by atoms with E-state index in [1.165, 1.54) is 0 Å². The van der Waals surface area contributed by atoms with Crippen LogP contribution in [0.3, 0.4) is 0 Å². The summed E-state index contributed by atoms with van der Waals surface area (Å²) in [5.41, 5.74) is 2.98. The lowest BCUT2D eigenvalue weighted by Crippen LogP contribution is -2.65. The van der Waals surface area contributed by atoms with Crippen LogP contribution in [0.5, 0.6) is 0 Å². The Kier molecular flexibility index (Phi) is 7.26. The van der Waals surface area contributed by atoms with E-state index in [0.29, 0.717) is 32.4 Å². The van der Waals surface area contributed by atoms with E-state index in [-0.39, 0.29) is 19.1 Å². The second-order valence-corrected chi connectivity index (χ2v) is 11.5. The predicted molar refractivity (Wildman–Crippen MR) is 154 cm³/mol. The molecule has 3 aliphatic rings. The fourth-order valence-corrected chi connectivity index (χ4v) is 6.75. The van der Waals surface area contributed by atoms with Crippen molar-refractivity contribution in [1.29, 1.82) is 0 Å². The maximum absolute atomic E-state index is 13.8. The fraction of sp³-hybridized carbons (Fsp3) is 0.364. The number of fused-ring (bicyclic) bond motifs is 3. The summed E-state index contributed by atoms with van der Waals surface area (Å²) in [5.74, 6) is -1.60. The third-order valence-corrected chi connectivity index (χ3v) is 8.94. The first kappa shape index (κ1) is 27.0. The van der Waals surface area contributed by atoms with Gasteiger partial charge in [0.25, 0.3) is 0 Å². The summed E-state index contributed by atoms with van der Waals surface area (Å²) in [5, 5.41) is 16.0. The van der Waals surface area contributed by atoms with Gasteiger partial charge in [-0.25, -0.2) is 9.59 Å². The van der Waals surface area contributed by atoms with Gasteiger partial charge in [0.1, 0.15) is 12.1 Å². The van der Waals surface area contributed by atoms with Crippen molar-refractivity contribution in [3.8, 4) is 11.1 Å². The van der Waals surface area contributed by atoms with E-state index in [1.54, 1.807) is 0 Å². The number of carbonyl (C=O) groups is 3. The molecule has 0 bridgehead atoms. The molecule has 0 radical (unpaired) electrons. The van der Waals surface area contributed by atoms with Crippen LogP contribution in [0.15, 0.2) is 78.9 Å². The Bertz CT molecular complexity index is 1410. The van der Waals surface area contributed by atoms with E-state index >= 15 is 0 Å². The first-order valence-electron chi connectivity index (χ1n) is 14.3. The van der Waals surface area contributed by atoms with Gasteiger partial charge in [-0.15, -0.1) is 0 Å². The number of aliphatic carboxylic acids is 1. The Morgan fingerprint density at radius 2 is 1.41 bits per heavy atom. The van der Waals surface area contributed by atoms with Crippen molar-refractivity contribution in [2.24, 2.45) is 0 Å². The molecule has 8 nitrogen and oxygen atoms in total. The quantitative estimate of drug-likeness (QED) is 0.374. The minimum Gasteiger partial charge on any atom is -0.479 e. The first-order chi connectivity index (χ1) is 19.9. The maximum atomic E-state index is 13.8. The van der Waals surface area contributed by atoms with E-state index in [9.17, 15) is 19.5 Å². The summed E-state index contributed by atoms with van der Waals surface area (Å²) in [7, 11) is 0. The largest absolute Gasteiger partial charge is 0.479 e. The number of carboxylic acids is 1. The van der Waals surface area contributed by atoms with Crippen LogP contribution in [0.1, 0.15) is 54.7 Å². The van der Waals surface area contributed by atoms with Crippen molar-refractivity contribution in [3.05, 3.63) is 95.6 Å². The van der Waals surface area contributed by atoms with Gasteiger partial charge >= 0.3 is 12.1 Å². The van der Waals surface area contributed by atoms with Crippen LogP contribution in [-0.2, 0) is 20.9 Å². The number of nitrogens with zero attached hydrogens (tertiary/aromatic N) is 1. The van der Waals surface area contributed by atoms with Crippen molar-refractivity contribution in [3.63, 3.8) is 0 Å². The van der Waals surface area contributed by atoms with Crippen LogP contribution in [0.2, 0.25) is 0 Å². The van der Waals surface area contributed by atoms with E-state index in [0.717, 1.165) is 40.7 Å². The molecule has 2 fully saturated rings. The highest BCUT2D eigenvalue weighted by molar-refractivity contribution is 5.95. The van der Waals surface area contributed by atoms with E-state index in [1.807, 2.05) is 59.5 Å². The van der Waals surface area contributed by atoms with Gasteiger partial charge in [-0.2, -0.15) is 0 Å². The predicted octanol–water partition coefficient (Wildman–Crippen LogP) is 4.68. The molecule has 6 rings (SSSR count). The van der Waals surface area contributed by atoms with Gasteiger partial charge in [0, 0.05) is 25.6 Å². The summed E-state index contributed by atoms with van der Waals surface area (Å²) in [6, 6.07) is 26.1. The standard InChI is InChI=1S/C33H35N3O5/c37-29(34-33(30(38)39)18-19-36(22-33)20-23-10-2-1-3-11-23)32(16-8-9-17-32)35-31(40)41-21-28-26-14-6-4-12-24(26)25-13-5-7-15-27(25)28/h1-7,10-15,28H,8-9,16-22H2,(H,34,37)(H,35,40)(H,38,39). The number of ether oxygens (including phenoxy) is 1. The second-order valence-electron chi connectivity index (χ2n) is 11.5. The van der Waals surface area contributed by atoms with Gasteiger partial charge in [-0.1, -0.05) is 91.7 Å². The van der Waals surface area contributed by atoms with Crippen molar-refractivity contribution in [2.75, 3.05) is 19.7 Å². The molecule has 3 aromatic carbocycles. The number of likely N-dealkylation sites (tertiary alicyclic amines) is 1. The normalized spacial score (nSPS) is 21.2. The molecule has 3 N–H and O–H groups in total. The average Bonchev–Trinajstić information content (AvgIpc) is 3.70. The zero-order chi connectivity index (χ0) is 28.5. The average molecular weight is 554 g/mol. The van der Waals surface area contributed by atoms with Crippen molar-refractivity contribution in [2.45, 2.75) is 55.6 Å². The zero-order valence-corrected chi connectivity index (χ0v) is 23.0. The number of nitrogens with one attached hydrogen (secondary N) is 2. The van der Waals surface area contributed by atoms with Crippen LogP contribution >= 0.6 is 0 Å². The Morgan fingerprint density at radius 3 is 2.05 bits per heavy atom. The van der Waals surface area contributed by atoms with Crippen molar-refractivity contribution < 1.29 is 24.2 Å². The van der Waals surface area contributed by atoms with Gasteiger partial charge < -0.3 is 20.5 Å². The zero-order valence-electron chi connectivity index (χ0n) is 23.0. The molecule has 1 saturated carbocycles. The van der Waals surface area contributed by atoms with Crippen LogP contribution in [0, 0.1) is 0 Å². The number of hydrogen-bond acceptors (Lipinski definition) is 5. The molecule has 1 aliphatic heterocycles. The van der Waals surface area contributed by atoms with Crippen molar-refractivity contribution in [1.82, 2.24) is 15.5 Å². The number of carbonyl (C=O) groups excluding carboxylic acids is 2. The van der Waals surface area contributed by atoms with Crippen LogP contribution < -0.4 is 10.6 Å². The lowest BCUT2D eigenvalue weighted by atomic mass is 9.92. The molecule has 3 aromatic rings. The molecule has 2 amide bonds. The van der Waals surface area contributed by atoms with E-state index < -0.39 is 29.0 Å². The number of alkyl carbamates (subject to hydrolysis) is 1. The minimum absolute atomic E-state index is 0.0918. The maximum Gasteiger partial charge on any atom is 0.408 e. The number of rotatable bonds is 8. The topological polar surface area (TPSA) is 108 Å². The minimum atomic E-state index is -1.41. The number of carboxylic acid groups (broad SMARTS) is 1. The van der Waals surface area contributed by atoms with E-state index in [4.69, 9.17) is 4.74 Å². The van der Waals surface area contributed by atoms with E-state index in [2.05, 4.69) is 34.9 Å². The van der Waals surface area contributed by atoms with Gasteiger partial charge in [0.05, 0.1) is 0 Å². The highest BCUT2D eigenvalue weighted by atomic mass is 16.5. The second kappa shape index (κ2) is 11.0. The van der Waals surface area contributed by atoms with Gasteiger partial charge in [-0.3, -0.25) is 9.69 Å². The molecule has 1 saturated heterocycles. The highest BCUT2D eigenvalue weighted by Crippen LogP contribution is 2.44. The monoisotopic (exact) mass is 553 g/mol. The summed E-state index contributed by atoms with van der Waals surface area (Å²) in [4.78, 5) is 41.5. The smallest absolute Gasteiger partial charge is 0.408 e. The number of benzene rings is 3. The number of amides is 2. The molecule has 1 unspecified atom stereocenters. The SMILES string of the molecule is O=C(NC1(C(=O)NC2(C(=O)O)CCN(Cc3ccccc3)C2)CCCC1)OCC1c2ccccc2-c2ccccc21. The molecule has 0 aromatic heterocycles. The third kappa shape index (κ3) is 5.20. The Balaban J connectivity index is 1.13. The summed E-state index contributed by atoms with van der Waals surface area (Å²) < 4.78 is 5.75. The molecular formula is C33H35N3O5. The fourth-order valence-electron chi connectivity index (χ4n) is 6.75. The van der Waals surface area contributed by atoms with Crippen molar-refractivity contribution >= 4 is 18.0 Å². The van der Waals surface area contributed by atoms with Gasteiger partial charge in [0.15, 0.2) is 5.54 Å². The van der Waals surface area contributed by atoms with Crippen LogP contribution in [0.4, 0.5) is 4.79 Å². The summed E-state index contributed by atoms with van der Waals surface area (Å²) in [6.07, 6.45) is 2.03. The molecule has 41 heavy (non-hydrogen) atoms. The highest BCUT2D eigenvalue weighted by Gasteiger charge is 2.51. The Morgan fingerprint density at radius 1 is 0.805 bits per heavy atom. The lowest BCUT2D eigenvalue weighted by Gasteiger charge is -2.34. The number of hydrogen-bond donors (Lipinski definition) is 3. The first-order valence-corrected chi connectivity index (χ1v) is 14.3. The lowest BCUT2D eigenvalue weighted by molar-refractivity contribution is -0.148. The molecule has 0 spiro atoms. The Hall–Kier alpha value is -4.17. The molecular weight excluding hydrogens is 518 g/mol. The van der Waals surface area contributed by atoms with Crippen LogP contribution in [0.25, 0.3) is 11.1 Å².